The van der Waals surface area contributed by atoms with E-state index in [9.17, 15) is 0 Å². The minimum Gasteiger partial charge on any atom is -0.493 e. The van der Waals surface area contributed by atoms with Crippen LogP contribution in [0.3, 0.4) is 0 Å². The number of hydrogen-bond donors (Lipinski definition) is 0. The summed E-state index contributed by atoms with van der Waals surface area (Å²) in [6.07, 6.45) is 3.16. The van der Waals surface area contributed by atoms with Crippen LogP contribution >= 0.6 is 11.6 Å². The van der Waals surface area contributed by atoms with Gasteiger partial charge in [0.05, 0.1) is 25.9 Å². The van der Waals surface area contributed by atoms with E-state index in [0.717, 1.165) is 5.39 Å². The highest BCUT2D eigenvalue weighted by Gasteiger charge is 2.09. The lowest BCUT2D eigenvalue weighted by molar-refractivity contribution is 0.355. The molecule has 0 bridgehead atoms. The Balaban J connectivity index is 1.96. The first-order valence-electron chi connectivity index (χ1n) is 6.38. The van der Waals surface area contributed by atoms with Crippen LogP contribution in [-0.2, 0) is 0 Å². The van der Waals surface area contributed by atoms with Gasteiger partial charge in [0.25, 0.3) is 0 Å². The monoisotopic (exact) mass is 317 g/mol. The Morgan fingerprint density at radius 3 is 2.41 bits per heavy atom. The molecule has 0 atom stereocenters. The lowest BCUT2D eigenvalue weighted by Crippen LogP contribution is -1.95. The van der Waals surface area contributed by atoms with Crippen LogP contribution in [0, 0.1) is 0 Å². The van der Waals surface area contributed by atoms with Gasteiger partial charge in [-0.05, 0) is 18.2 Å². The SMILES string of the molecule is COc1cc2cnc(Oc3ccc(Cl)nc3)nc2cc1OC. The number of methoxy groups -OCH3 is 2. The number of fused-ring (bicyclic) bond motifs is 1. The van der Waals surface area contributed by atoms with E-state index in [1.807, 2.05) is 6.07 Å². The maximum absolute atomic E-state index is 5.73. The number of halogens is 1. The van der Waals surface area contributed by atoms with Gasteiger partial charge in [-0.3, -0.25) is 0 Å². The third-order valence-electron chi connectivity index (χ3n) is 2.97. The van der Waals surface area contributed by atoms with Crippen molar-refractivity contribution in [1.82, 2.24) is 15.0 Å². The summed E-state index contributed by atoms with van der Waals surface area (Å²) < 4.78 is 16.1. The van der Waals surface area contributed by atoms with Gasteiger partial charge >= 0.3 is 6.01 Å². The fourth-order valence-corrected chi connectivity index (χ4v) is 2.03. The van der Waals surface area contributed by atoms with Crippen molar-refractivity contribution in [2.45, 2.75) is 0 Å². The third-order valence-corrected chi connectivity index (χ3v) is 3.20. The van der Waals surface area contributed by atoms with Crippen LogP contribution in [0.1, 0.15) is 0 Å². The number of ether oxygens (including phenoxy) is 3. The van der Waals surface area contributed by atoms with E-state index in [2.05, 4.69) is 15.0 Å². The van der Waals surface area contributed by atoms with Crippen LogP contribution in [0.15, 0.2) is 36.7 Å². The molecule has 0 unspecified atom stereocenters. The molecular weight excluding hydrogens is 306 g/mol. The van der Waals surface area contributed by atoms with E-state index < -0.39 is 0 Å². The summed E-state index contributed by atoms with van der Waals surface area (Å²) >= 11 is 5.73. The predicted octanol–water partition coefficient (Wildman–Crippen LogP) is 3.49. The summed E-state index contributed by atoms with van der Waals surface area (Å²) in [7, 11) is 3.15. The first-order valence-corrected chi connectivity index (χ1v) is 6.75. The number of pyridine rings is 1. The van der Waals surface area contributed by atoms with E-state index in [1.54, 1.807) is 38.6 Å². The van der Waals surface area contributed by atoms with Crippen LogP contribution in [0.2, 0.25) is 5.15 Å². The maximum Gasteiger partial charge on any atom is 0.322 e. The van der Waals surface area contributed by atoms with Crippen molar-refractivity contribution < 1.29 is 14.2 Å². The number of aromatic nitrogens is 3. The fourth-order valence-electron chi connectivity index (χ4n) is 1.92. The Hall–Kier alpha value is -2.60. The Kier molecular flexibility index (Phi) is 3.93. The molecule has 0 spiro atoms. The van der Waals surface area contributed by atoms with Gasteiger partial charge in [0.15, 0.2) is 11.5 Å². The van der Waals surface area contributed by atoms with Crippen molar-refractivity contribution in [2.24, 2.45) is 0 Å². The molecule has 0 radical (unpaired) electrons. The third kappa shape index (κ3) is 2.87. The van der Waals surface area contributed by atoms with E-state index in [0.29, 0.717) is 27.9 Å². The average molecular weight is 318 g/mol. The molecular formula is C15H12ClN3O3. The average Bonchev–Trinajstić information content (AvgIpc) is 2.55. The Morgan fingerprint density at radius 1 is 0.955 bits per heavy atom. The van der Waals surface area contributed by atoms with E-state index in [-0.39, 0.29) is 6.01 Å². The standard InChI is InChI=1S/C15H12ClN3O3/c1-20-12-5-9-7-18-15(19-11(9)6-13(12)21-2)22-10-3-4-14(16)17-8-10/h3-8H,1-2H3. The van der Waals surface area contributed by atoms with Gasteiger partial charge in [0.2, 0.25) is 0 Å². The summed E-state index contributed by atoms with van der Waals surface area (Å²) in [6, 6.07) is 7.11. The van der Waals surface area contributed by atoms with Gasteiger partial charge in [0.1, 0.15) is 10.9 Å². The lowest BCUT2D eigenvalue weighted by Gasteiger charge is -2.09. The minimum atomic E-state index is 0.212. The molecule has 112 valence electrons. The van der Waals surface area contributed by atoms with E-state index in [1.165, 1.54) is 6.20 Å². The van der Waals surface area contributed by atoms with Crippen LogP contribution in [-0.4, -0.2) is 29.2 Å². The van der Waals surface area contributed by atoms with Gasteiger partial charge < -0.3 is 14.2 Å². The molecule has 0 aliphatic carbocycles. The molecule has 0 aliphatic heterocycles. The van der Waals surface area contributed by atoms with Crippen LogP contribution in [0.4, 0.5) is 0 Å². The van der Waals surface area contributed by atoms with Gasteiger partial charge in [-0.25, -0.2) is 9.97 Å². The second kappa shape index (κ2) is 6.03. The number of rotatable bonds is 4. The van der Waals surface area contributed by atoms with Crippen molar-refractivity contribution in [3.05, 3.63) is 41.8 Å². The molecule has 3 rings (SSSR count). The molecule has 0 aliphatic rings. The molecule has 6 nitrogen and oxygen atoms in total. The highest BCUT2D eigenvalue weighted by Crippen LogP contribution is 2.32. The predicted molar refractivity (Wildman–Crippen MR) is 82.0 cm³/mol. The van der Waals surface area contributed by atoms with Crippen LogP contribution < -0.4 is 14.2 Å². The Labute approximate surface area is 131 Å². The largest absolute Gasteiger partial charge is 0.493 e. The number of nitrogens with zero attached hydrogens (tertiary/aromatic N) is 3. The van der Waals surface area contributed by atoms with Crippen molar-refractivity contribution in [1.29, 1.82) is 0 Å². The molecule has 2 heterocycles. The zero-order chi connectivity index (χ0) is 15.5. The molecule has 2 aromatic heterocycles. The first-order chi connectivity index (χ1) is 10.7. The van der Waals surface area contributed by atoms with Crippen molar-refractivity contribution >= 4 is 22.5 Å². The minimum absolute atomic E-state index is 0.212. The maximum atomic E-state index is 5.73. The van der Waals surface area contributed by atoms with E-state index >= 15 is 0 Å². The van der Waals surface area contributed by atoms with Crippen molar-refractivity contribution in [2.75, 3.05) is 14.2 Å². The zero-order valence-electron chi connectivity index (χ0n) is 11.9. The molecule has 0 amide bonds. The summed E-state index contributed by atoms with van der Waals surface area (Å²) in [4.78, 5) is 12.4. The first kappa shape index (κ1) is 14.3. The number of hydrogen-bond acceptors (Lipinski definition) is 6. The molecule has 0 fully saturated rings. The molecule has 0 saturated carbocycles. The topological polar surface area (TPSA) is 66.4 Å². The molecule has 22 heavy (non-hydrogen) atoms. The normalized spacial score (nSPS) is 10.5. The second-order valence-corrected chi connectivity index (χ2v) is 4.72. The Morgan fingerprint density at radius 2 is 1.73 bits per heavy atom. The summed E-state index contributed by atoms with van der Waals surface area (Å²) in [5.41, 5.74) is 0.685. The van der Waals surface area contributed by atoms with Crippen molar-refractivity contribution in [3.8, 4) is 23.3 Å². The van der Waals surface area contributed by atoms with Gasteiger partial charge in [-0.15, -0.1) is 0 Å². The van der Waals surface area contributed by atoms with Gasteiger partial charge in [0, 0.05) is 17.6 Å². The Bertz CT molecular complexity index is 809. The molecule has 7 heteroatoms. The summed E-state index contributed by atoms with van der Waals surface area (Å²) in [5.74, 6) is 1.71. The smallest absolute Gasteiger partial charge is 0.322 e. The fraction of sp³-hybridized carbons (Fsp3) is 0.133. The van der Waals surface area contributed by atoms with Crippen LogP contribution in [0.5, 0.6) is 23.3 Å². The molecule has 1 aromatic carbocycles. The van der Waals surface area contributed by atoms with Gasteiger partial charge in [-0.1, -0.05) is 11.6 Å². The zero-order valence-corrected chi connectivity index (χ0v) is 12.7. The molecule has 0 N–H and O–H groups in total. The number of benzene rings is 1. The quantitative estimate of drug-likeness (QED) is 0.686. The molecule has 3 aromatic rings. The van der Waals surface area contributed by atoms with Crippen molar-refractivity contribution in [3.63, 3.8) is 0 Å². The van der Waals surface area contributed by atoms with E-state index in [4.69, 9.17) is 25.8 Å². The highest BCUT2D eigenvalue weighted by molar-refractivity contribution is 6.29. The van der Waals surface area contributed by atoms with Crippen LogP contribution in [0.25, 0.3) is 10.9 Å². The van der Waals surface area contributed by atoms with Gasteiger partial charge in [-0.2, -0.15) is 4.98 Å². The summed E-state index contributed by atoms with van der Waals surface area (Å²) in [5, 5.41) is 1.21. The second-order valence-electron chi connectivity index (χ2n) is 4.34. The highest BCUT2D eigenvalue weighted by atomic mass is 35.5. The summed E-state index contributed by atoms with van der Waals surface area (Å²) in [6.45, 7) is 0. The molecule has 0 saturated heterocycles. The lowest BCUT2D eigenvalue weighted by atomic mass is 10.2.